The third-order valence-corrected chi connectivity index (χ3v) is 5.08. The normalized spacial score (nSPS) is 10.6. The van der Waals surface area contributed by atoms with E-state index in [-0.39, 0.29) is 20.4 Å². The van der Waals surface area contributed by atoms with E-state index in [9.17, 15) is 14.2 Å². The number of ether oxygens (including phenoxy) is 2. The van der Waals surface area contributed by atoms with E-state index >= 15 is 0 Å². The van der Waals surface area contributed by atoms with Crippen molar-refractivity contribution in [3.05, 3.63) is 66.7 Å². The number of hydrogen-bond acceptors (Lipinski definition) is 5. The fourth-order valence-electron chi connectivity index (χ4n) is 2.85. The monoisotopic (exact) mass is 420 g/mol. The maximum Gasteiger partial charge on any atom is 0.310 e. The van der Waals surface area contributed by atoms with E-state index in [0.717, 1.165) is 22.3 Å². The van der Waals surface area contributed by atoms with Gasteiger partial charge in [0.25, 0.3) is 0 Å². The molecule has 152 valence electrons. The van der Waals surface area contributed by atoms with Crippen LogP contribution in [0.25, 0.3) is 22.3 Å². The second-order valence-corrected chi connectivity index (χ2v) is 7.19. The zero-order valence-electron chi connectivity index (χ0n) is 16.8. The predicted molar refractivity (Wildman–Crippen MR) is 116 cm³/mol. The molecule has 0 radical (unpaired) electrons. The summed E-state index contributed by atoms with van der Waals surface area (Å²) in [6.07, 6.45) is 0.622. The standard InChI is InChI=1S/C24H21O5P/c1-3-23(25)28-19-10-5-16(6-11-19)18-9-14-22(30-27)21(15-18)17-7-12-20(13-8-17)29-24(26)4-2/h5-15H,3-4H2,1-2H3. The van der Waals surface area contributed by atoms with Gasteiger partial charge in [-0.1, -0.05) is 44.2 Å². The van der Waals surface area contributed by atoms with E-state index in [2.05, 4.69) is 0 Å². The lowest BCUT2D eigenvalue weighted by Gasteiger charge is -2.10. The van der Waals surface area contributed by atoms with Crippen molar-refractivity contribution in [2.75, 3.05) is 0 Å². The van der Waals surface area contributed by atoms with Crippen molar-refractivity contribution in [2.45, 2.75) is 26.7 Å². The van der Waals surface area contributed by atoms with Gasteiger partial charge in [-0.2, -0.15) is 0 Å². The fraction of sp³-hybridized carbons (Fsp3) is 0.167. The highest BCUT2D eigenvalue weighted by Gasteiger charge is 2.10. The first-order valence-electron chi connectivity index (χ1n) is 9.63. The van der Waals surface area contributed by atoms with Gasteiger partial charge in [-0.15, -0.1) is 0 Å². The minimum atomic E-state index is -0.295. The van der Waals surface area contributed by atoms with Crippen LogP contribution in [0.5, 0.6) is 11.5 Å². The van der Waals surface area contributed by atoms with Gasteiger partial charge in [0.15, 0.2) is 8.46 Å². The molecule has 3 rings (SSSR count). The lowest BCUT2D eigenvalue weighted by atomic mass is 9.99. The van der Waals surface area contributed by atoms with Crippen LogP contribution in [0.1, 0.15) is 26.7 Å². The largest absolute Gasteiger partial charge is 0.427 e. The molecule has 0 heterocycles. The average molecular weight is 420 g/mol. The summed E-state index contributed by atoms with van der Waals surface area (Å²) in [6.45, 7) is 3.48. The second kappa shape index (κ2) is 9.95. The van der Waals surface area contributed by atoms with Crippen LogP contribution in [-0.2, 0) is 14.2 Å². The molecule has 3 aromatic carbocycles. The molecule has 0 aliphatic rings. The molecule has 0 unspecified atom stereocenters. The van der Waals surface area contributed by atoms with Crippen LogP contribution in [0.4, 0.5) is 0 Å². The van der Waals surface area contributed by atoms with Crippen molar-refractivity contribution in [3.63, 3.8) is 0 Å². The number of hydrogen-bond donors (Lipinski definition) is 0. The van der Waals surface area contributed by atoms with Gasteiger partial charge in [-0.25, -0.2) is 0 Å². The van der Waals surface area contributed by atoms with Crippen LogP contribution < -0.4 is 14.8 Å². The lowest BCUT2D eigenvalue weighted by Crippen LogP contribution is -2.05. The Morgan fingerprint density at radius 1 is 0.700 bits per heavy atom. The van der Waals surface area contributed by atoms with Gasteiger partial charge in [0.05, 0.1) is 5.30 Å². The Morgan fingerprint density at radius 3 is 1.63 bits per heavy atom. The van der Waals surface area contributed by atoms with E-state index in [1.165, 1.54) is 0 Å². The Labute approximate surface area is 176 Å². The van der Waals surface area contributed by atoms with Gasteiger partial charge in [-0.05, 0) is 58.7 Å². The first-order chi connectivity index (χ1) is 14.5. The van der Waals surface area contributed by atoms with Gasteiger partial charge in [0.1, 0.15) is 11.5 Å². The van der Waals surface area contributed by atoms with E-state index in [0.29, 0.717) is 29.6 Å². The van der Waals surface area contributed by atoms with Crippen LogP contribution >= 0.6 is 8.46 Å². The third-order valence-electron chi connectivity index (χ3n) is 4.49. The Balaban J connectivity index is 1.89. The first kappa shape index (κ1) is 21.4. The third kappa shape index (κ3) is 5.19. The molecular weight excluding hydrogens is 399 g/mol. The molecule has 0 fully saturated rings. The number of carbonyl (C=O) groups is 2. The highest BCUT2D eigenvalue weighted by Crippen LogP contribution is 2.29. The molecule has 0 amide bonds. The number of esters is 2. The topological polar surface area (TPSA) is 69.7 Å². The van der Waals surface area contributed by atoms with Gasteiger partial charge in [0, 0.05) is 12.8 Å². The van der Waals surface area contributed by atoms with Crippen molar-refractivity contribution >= 4 is 25.7 Å². The summed E-state index contributed by atoms with van der Waals surface area (Å²) in [5, 5.41) is 0.658. The maximum atomic E-state index is 11.7. The summed E-state index contributed by atoms with van der Waals surface area (Å²) in [6, 6.07) is 20.0. The van der Waals surface area contributed by atoms with Crippen LogP contribution in [0.2, 0.25) is 0 Å². The molecular formula is C24H21O5P. The molecule has 30 heavy (non-hydrogen) atoms. The SMILES string of the molecule is CCC(=O)Oc1ccc(-c2ccc(P=O)c(-c3ccc(OC(=O)CC)cc3)c2)cc1. The summed E-state index contributed by atoms with van der Waals surface area (Å²) < 4.78 is 22.1. The molecule has 5 nitrogen and oxygen atoms in total. The minimum Gasteiger partial charge on any atom is -0.427 e. The molecule has 0 aromatic heterocycles. The van der Waals surface area contributed by atoms with Crippen molar-refractivity contribution in [1.82, 2.24) is 0 Å². The number of carbonyl (C=O) groups excluding carboxylic acids is 2. The molecule has 0 spiro atoms. The molecule has 0 atom stereocenters. The highest BCUT2D eigenvalue weighted by molar-refractivity contribution is 7.34. The molecule has 0 aliphatic heterocycles. The van der Waals surface area contributed by atoms with Crippen molar-refractivity contribution in [3.8, 4) is 33.8 Å². The van der Waals surface area contributed by atoms with Crippen molar-refractivity contribution < 1.29 is 23.6 Å². The summed E-state index contributed by atoms with van der Waals surface area (Å²) in [4.78, 5) is 22.9. The van der Waals surface area contributed by atoms with Gasteiger partial charge >= 0.3 is 11.9 Å². The minimum absolute atomic E-state index is 0.0823. The van der Waals surface area contributed by atoms with E-state index in [1.54, 1.807) is 38.1 Å². The molecule has 0 bridgehead atoms. The molecule has 0 aliphatic carbocycles. The highest BCUT2D eigenvalue weighted by atomic mass is 31.1. The van der Waals surface area contributed by atoms with E-state index < -0.39 is 0 Å². The summed E-state index contributed by atoms with van der Waals surface area (Å²) in [7, 11) is -0.0823. The zero-order chi connectivity index (χ0) is 21.5. The van der Waals surface area contributed by atoms with Gasteiger partial charge in [0.2, 0.25) is 0 Å². The number of rotatable bonds is 7. The summed E-state index contributed by atoms with van der Waals surface area (Å²) in [5.74, 6) is 0.395. The zero-order valence-corrected chi connectivity index (χ0v) is 17.6. The quantitative estimate of drug-likeness (QED) is 0.284. The Morgan fingerprint density at radius 2 is 1.17 bits per heavy atom. The van der Waals surface area contributed by atoms with Crippen LogP contribution in [-0.4, -0.2) is 11.9 Å². The predicted octanol–water partition coefficient (Wildman–Crippen LogP) is 5.57. The van der Waals surface area contributed by atoms with Crippen LogP contribution in [0.3, 0.4) is 0 Å². The second-order valence-electron chi connectivity index (χ2n) is 6.53. The average Bonchev–Trinajstić information content (AvgIpc) is 2.79. The van der Waals surface area contributed by atoms with Crippen LogP contribution in [0, 0.1) is 0 Å². The Kier molecular flexibility index (Phi) is 7.10. The smallest absolute Gasteiger partial charge is 0.310 e. The molecule has 6 heteroatoms. The van der Waals surface area contributed by atoms with Crippen molar-refractivity contribution in [1.29, 1.82) is 0 Å². The van der Waals surface area contributed by atoms with Crippen molar-refractivity contribution in [2.24, 2.45) is 0 Å². The van der Waals surface area contributed by atoms with Gasteiger partial charge < -0.3 is 9.47 Å². The Bertz CT molecular complexity index is 1060. The molecule has 3 aromatic rings. The lowest BCUT2D eigenvalue weighted by molar-refractivity contribution is -0.134. The van der Waals surface area contributed by atoms with Gasteiger partial charge in [-0.3, -0.25) is 14.2 Å². The van der Waals surface area contributed by atoms with E-state index in [1.807, 2.05) is 42.5 Å². The molecule has 0 saturated carbocycles. The molecule has 0 saturated heterocycles. The summed E-state index contributed by atoms with van der Waals surface area (Å²) >= 11 is 0. The van der Waals surface area contributed by atoms with E-state index in [4.69, 9.17) is 9.47 Å². The molecule has 0 N–H and O–H groups in total. The maximum absolute atomic E-state index is 11.7. The number of benzene rings is 3. The summed E-state index contributed by atoms with van der Waals surface area (Å²) in [5.41, 5.74) is 3.56. The Hall–Kier alpha value is -3.30. The van der Waals surface area contributed by atoms with Crippen LogP contribution in [0.15, 0.2) is 66.7 Å². The fourth-order valence-corrected chi connectivity index (χ4v) is 3.28. The first-order valence-corrected chi connectivity index (χ1v) is 10.4.